The van der Waals surface area contributed by atoms with Gasteiger partial charge in [0.25, 0.3) is 0 Å². The van der Waals surface area contributed by atoms with Gasteiger partial charge in [-0.2, -0.15) is 0 Å². The minimum atomic E-state index is 0.469. The molecule has 0 heteroatoms. The third-order valence-electron chi connectivity index (χ3n) is 2.10. The molecule has 0 bridgehead atoms. The van der Waals surface area contributed by atoms with Gasteiger partial charge in [0.2, 0.25) is 0 Å². The summed E-state index contributed by atoms with van der Waals surface area (Å²) in [7, 11) is 0. The molecule has 59 valence electrons. The van der Waals surface area contributed by atoms with Gasteiger partial charge in [-0.3, -0.25) is 0 Å². The van der Waals surface area contributed by atoms with Crippen molar-refractivity contribution in [3.05, 3.63) is 60.2 Å². The summed E-state index contributed by atoms with van der Waals surface area (Å²) in [5.74, 6) is 0.469. The quantitative estimate of drug-likeness (QED) is 0.584. The van der Waals surface area contributed by atoms with Crippen molar-refractivity contribution < 1.29 is 0 Å². The molecule has 0 fully saturated rings. The summed E-state index contributed by atoms with van der Waals surface area (Å²) in [4.78, 5) is 0. The molecule has 0 heterocycles. The van der Waals surface area contributed by atoms with E-state index in [0.29, 0.717) is 5.92 Å². The van der Waals surface area contributed by atoms with Crippen LogP contribution < -0.4 is 0 Å². The summed E-state index contributed by atoms with van der Waals surface area (Å²) in [5, 5.41) is 0. The van der Waals surface area contributed by atoms with Crippen LogP contribution in [0.5, 0.6) is 0 Å². The summed E-state index contributed by atoms with van der Waals surface area (Å²) in [6.45, 7) is 0. The third kappa shape index (κ3) is 1.48. The molecule has 1 atom stereocenters. The van der Waals surface area contributed by atoms with E-state index in [2.05, 4.69) is 42.5 Å². The van der Waals surface area contributed by atoms with Gasteiger partial charge in [0.05, 0.1) is 0 Å². The van der Waals surface area contributed by atoms with Crippen LogP contribution in [0, 0.1) is 6.08 Å². The molecule has 1 radical (unpaired) electrons. The molecule has 0 nitrogen and oxygen atoms in total. The van der Waals surface area contributed by atoms with Crippen LogP contribution in [0.25, 0.3) is 0 Å². The maximum absolute atomic E-state index is 3.32. The second-order valence-corrected chi connectivity index (χ2v) is 2.96. The Morgan fingerprint density at radius 3 is 2.67 bits per heavy atom. The zero-order chi connectivity index (χ0) is 8.23. The van der Waals surface area contributed by atoms with Crippen LogP contribution in [0.15, 0.2) is 48.6 Å². The van der Waals surface area contributed by atoms with Crippen LogP contribution >= 0.6 is 0 Å². The predicted octanol–water partition coefficient (Wildman–Crippen LogP) is 3.09. The van der Waals surface area contributed by atoms with Gasteiger partial charge in [0, 0.05) is 5.92 Å². The molecular weight excluding hydrogens is 144 g/mol. The largest absolute Gasteiger partial charge is 0.0836 e. The Morgan fingerprint density at radius 1 is 1.17 bits per heavy atom. The first-order valence-electron chi connectivity index (χ1n) is 4.26. The smallest absolute Gasteiger partial charge is 0.0127 e. The van der Waals surface area contributed by atoms with Gasteiger partial charge in [-0.05, 0) is 18.1 Å². The van der Waals surface area contributed by atoms with Gasteiger partial charge in [0.15, 0.2) is 0 Å². The SMILES string of the molecule is [C]1=CC=CC[C@H]1c1ccccc1. The fourth-order valence-corrected chi connectivity index (χ4v) is 1.44. The van der Waals surface area contributed by atoms with Crippen molar-refractivity contribution in [3.63, 3.8) is 0 Å². The summed E-state index contributed by atoms with van der Waals surface area (Å²) in [5.41, 5.74) is 1.36. The monoisotopic (exact) mass is 155 g/mol. The lowest BCUT2D eigenvalue weighted by molar-refractivity contribution is 0.831. The lowest BCUT2D eigenvalue weighted by Crippen LogP contribution is -1.95. The summed E-state index contributed by atoms with van der Waals surface area (Å²) >= 11 is 0. The Bertz CT molecular complexity index is 293. The van der Waals surface area contributed by atoms with Crippen molar-refractivity contribution in [2.24, 2.45) is 0 Å². The summed E-state index contributed by atoms with van der Waals surface area (Å²) in [6, 6.07) is 10.5. The lowest BCUT2D eigenvalue weighted by Gasteiger charge is -2.11. The van der Waals surface area contributed by atoms with Crippen molar-refractivity contribution in [1.82, 2.24) is 0 Å². The molecule has 0 aliphatic heterocycles. The summed E-state index contributed by atoms with van der Waals surface area (Å²) in [6.07, 6.45) is 10.7. The average Bonchev–Trinajstić information content (AvgIpc) is 2.21. The normalized spacial score (nSPS) is 21.2. The number of allylic oxidation sites excluding steroid dienone is 4. The highest BCUT2D eigenvalue weighted by Crippen LogP contribution is 2.22. The molecule has 12 heavy (non-hydrogen) atoms. The molecule has 0 spiro atoms. The van der Waals surface area contributed by atoms with Gasteiger partial charge in [-0.1, -0.05) is 48.6 Å². The van der Waals surface area contributed by atoms with Crippen molar-refractivity contribution in [3.8, 4) is 0 Å². The highest BCUT2D eigenvalue weighted by atomic mass is 14.1. The van der Waals surface area contributed by atoms with Gasteiger partial charge < -0.3 is 0 Å². The van der Waals surface area contributed by atoms with Crippen molar-refractivity contribution in [2.75, 3.05) is 0 Å². The van der Waals surface area contributed by atoms with Crippen molar-refractivity contribution >= 4 is 0 Å². The van der Waals surface area contributed by atoms with Crippen LogP contribution in [0.3, 0.4) is 0 Å². The number of benzene rings is 1. The summed E-state index contributed by atoms with van der Waals surface area (Å²) < 4.78 is 0. The highest BCUT2D eigenvalue weighted by molar-refractivity contribution is 5.25. The molecule has 0 saturated heterocycles. The zero-order valence-electron chi connectivity index (χ0n) is 6.90. The van der Waals surface area contributed by atoms with Crippen LogP contribution in [0.1, 0.15) is 17.9 Å². The maximum Gasteiger partial charge on any atom is 0.0127 e. The highest BCUT2D eigenvalue weighted by Gasteiger charge is 2.06. The fraction of sp³-hybridized carbons (Fsp3) is 0.167. The Labute approximate surface area is 73.2 Å². The van der Waals surface area contributed by atoms with Gasteiger partial charge >= 0.3 is 0 Å². The Balaban J connectivity index is 2.21. The Morgan fingerprint density at radius 2 is 2.00 bits per heavy atom. The standard InChI is InChI=1S/C12H11/c1-3-7-11(8-4-1)12-9-5-2-6-10-12/h1-8,12H,9H2/t12-/m1/s1. The van der Waals surface area contributed by atoms with Gasteiger partial charge in [0.1, 0.15) is 0 Å². The number of hydrogen-bond acceptors (Lipinski definition) is 0. The van der Waals surface area contributed by atoms with E-state index in [1.54, 1.807) is 0 Å². The maximum atomic E-state index is 3.32. The molecule has 1 aliphatic rings. The van der Waals surface area contributed by atoms with Gasteiger partial charge in [-0.15, -0.1) is 0 Å². The van der Waals surface area contributed by atoms with Gasteiger partial charge in [-0.25, -0.2) is 0 Å². The molecular formula is C12H11. The molecule has 0 aromatic heterocycles. The topological polar surface area (TPSA) is 0 Å². The molecule has 1 aromatic carbocycles. The number of rotatable bonds is 1. The van der Waals surface area contributed by atoms with Crippen LogP contribution in [0.4, 0.5) is 0 Å². The molecule has 0 unspecified atom stereocenters. The molecule has 2 rings (SSSR count). The van der Waals surface area contributed by atoms with E-state index in [0.717, 1.165) is 6.42 Å². The van der Waals surface area contributed by atoms with Crippen molar-refractivity contribution in [1.29, 1.82) is 0 Å². The van der Waals surface area contributed by atoms with E-state index in [9.17, 15) is 0 Å². The Hall–Kier alpha value is -1.30. The molecule has 0 N–H and O–H groups in total. The lowest BCUT2D eigenvalue weighted by atomic mass is 9.93. The van der Waals surface area contributed by atoms with Crippen LogP contribution in [-0.4, -0.2) is 0 Å². The predicted molar refractivity (Wildman–Crippen MR) is 50.8 cm³/mol. The average molecular weight is 155 g/mol. The minimum absolute atomic E-state index is 0.469. The Kier molecular flexibility index (Phi) is 2.08. The zero-order valence-corrected chi connectivity index (χ0v) is 6.90. The first-order valence-corrected chi connectivity index (χ1v) is 4.26. The van der Waals surface area contributed by atoms with E-state index in [-0.39, 0.29) is 0 Å². The molecule has 1 aromatic rings. The fourth-order valence-electron chi connectivity index (χ4n) is 1.44. The first kappa shape index (κ1) is 7.35. The van der Waals surface area contributed by atoms with E-state index < -0.39 is 0 Å². The third-order valence-corrected chi connectivity index (χ3v) is 2.10. The van der Waals surface area contributed by atoms with E-state index >= 15 is 0 Å². The molecule has 1 aliphatic carbocycles. The molecule has 0 amide bonds. The number of hydrogen-bond donors (Lipinski definition) is 0. The second kappa shape index (κ2) is 3.40. The first-order chi connectivity index (χ1) is 5.97. The van der Waals surface area contributed by atoms with E-state index in [1.807, 2.05) is 12.1 Å². The molecule has 0 saturated carbocycles. The van der Waals surface area contributed by atoms with Crippen LogP contribution in [-0.2, 0) is 0 Å². The van der Waals surface area contributed by atoms with Crippen molar-refractivity contribution in [2.45, 2.75) is 12.3 Å². The second-order valence-electron chi connectivity index (χ2n) is 2.96. The minimum Gasteiger partial charge on any atom is -0.0836 e. The van der Waals surface area contributed by atoms with E-state index in [4.69, 9.17) is 0 Å². The van der Waals surface area contributed by atoms with E-state index in [1.165, 1.54) is 5.56 Å². The van der Waals surface area contributed by atoms with Crippen LogP contribution in [0.2, 0.25) is 0 Å².